The predicted molar refractivity (Wildman–Crippen MR) is 90.6 cm³/mol. The average molecular weight is 327 g/mol. The lowest BCUT2D eigenvalue weighted by atomic mass is 10.1. The number of ether oxygens (including phenoxy) is 3. The van der Waals surface area contributed by atoms with Gasteiger partial charge < -0.3 is 19.5 Å². The number of carbonyl (C=O) groups is 1. The maximum atomic E-state index is 12.2. The van der Waals surface area contributed by atoms with Crippen molar-refractivity contribution in [3.63, 3.8) is 0 Å². The summed E-state index contributed by atoms with van der Waals surface area (Å²) in [4.78, 5) is 12.2. The van der Waals surface area contributed by atoms with E-state index in [2.05, 4.69) is 5.32 Å². The van der Waals surface area contributed by atoms with Crippen molar-refractivity contribution >= 4 is 5.91 Å². The van der Waals surface area contributed by atoms with Crippen molar-refractivity contribution in [1.82, 2.24) is 5.32 Å². The minimum absolute atomic E-state index is 0.150. The molecule has 0 bridgehead atoms. The third-order valence-corrected chi connectivity index (χ3v) is 3.44. The summed E-state index contributed by atoms with van der Waals surface area (Å²) < 4.78 is 16.3. The quantitative estimate of drug-likeness (QED) is 0.933. The number of amides is 1. The van der Waals surface area contributed by atoms with Gasteiger partial charge in [0.05, 0.1) is 0 Å². The van der Waals surface area contributed by atoms with E-state index in [4.69, 9.17) is 14.2 Å². The van der Waals surface area contributed by atoms with Crippen molar-refractivity contribution in [2.75, 3.05) is 6.79 Å². The number of hydrogen-bond donors (Lipinski definition) is 1. The van der Waals surface area contributed by atoms with Crippen molar-refractivity contribution in [1.29, 1.82) is 0 Å². The van der Waals surface area contributed by atoms with Gasteiger partial charge in [-0.3, -0.25) is 4.79 Å². The molecule has 126 valence electrons. The lowest BCUT2D eigenvalue weighted by molar-refractivity contribution is 0.0950. The molecule has 0 atom stereocenters. The summed E-state index contributed by atoms with van der Waals surface area (Å²) in [6.07, 6.45) is 0. The summed E-state index contributed by atoms with van der Waals surface area (Å²) in [5.41, 5.74) is 1.33. The van der Waals surface area contributed by atoms with E-state index in [9.17, 15) is 4.79 Å². The molecule has 0 fully saturated rings. The van der Waals surface area contributed by atoms with Crippen LogP contribution in [0.5, 0.6) is 17.2 Å². The van der Waals surface area contributed by atoms with E-state index < -0.39 is 0 Å². The molecule has 0 unspecified atom stereocenters. The van der Waals surface area contributed by atoms with Crippen molar-refractivity contribution < 1.29 is 19.0 Å². The third-order valence-electron chi connectivity index (χ3n) is 3.44. The SMILES string of the molecule is CC(C)(C)Oc1ccc(CNC(=O)c2ccc3c(c2)OCO3)cc1. The zero-order chi connectivity index (χ0) is 17.2. The molecule has 2 aromatic rings. The van der Waals surface area contributed by atoms with E-state index in [1.807, 2.05) is 45.0 Å². The van der Waals surface area contributed by atoms with Gasteiger partial charge in [0.25, 0.3) is 5.91 Å². The monoisotopic (exact) mass is 327 g/mol. The van der Waals surface area contributed by atoms with Gasteiger partial charge >= 0.3 is 0 Å². The van der Waals surface area contributed by atoms with Crippen LogP contribution in [-0.2, 0) is 6.54 Å². The van der Waals surface area contributed by atoms with Crippen LogP contribution in [0.15, 0.2) is 42.5 Å². The van der Waals surface area contributed by atoms with Gasteiger partial charge in [-0.2, -0.15) is 0 Å². The molecule has 5 nitrogen and oxygen atoms in total. The van der Waals surface area contributed by atoms with E-state index in [0.717, 1.165) is 11.3 Å². The van der Waals surface area contributed by atoms with E-state index >= 15 is 0 Å². The molecule has 0 spiro atoms. The zero-order valence-corrected chi connectivity index (χ0v) is 14.1. The van der Waals surface area contributed by atoms with Crippen LogP contribution in [-0.4, -0.2) is 18.3 Å². The van der Waals surface area contributed by atoms with Gasteiger partial charge in [0.1, 0.15) is 11.4 Å². The van der Waals surface area contributed by atoms with E-state index in [0.29, 0.717) is 23.6 Å². The number of carbonyl (C=O) groups excluding carboxylic acids is 1. The van der Waals surface area contributed by atoms with Crippen LogP contribution in [0.2, 0.25) is 0 Å². The molecular formula is C19H21NO4. The minimum atomic E-state index is -0.227. The topological polar surface area (TPSA) is 56.8 Å². The second kappa shape index (κ2) is 6.43. The number of fused-ring (bicyclic) bond motifs is 1. The van der Waals surface area contributed by atoms with Crippen LogP contribution >= 0.6 is 0 Å². The lowest BCUT2D eigenvalue weighted by Gasteiger charge is -2.21. The molecule has 0 saturated heterocycles. The normalized spacial score (nSPS) is 12.8. The van der Waals surface area contributed by atoms with Gasteiger partial charge in [0, 0.05) is 12.1 Å². The van der Waals surface area contributed by atoms with Crippen molar-refractivity contribution in [2.45, 2.75) is 32.9 Å². The van der Waals surface area contributed by atoms with Gasteiger partial charge in [-0.25, -0.2) is 0 Å². The molecule has 5 heteroatoms. The molecule has 0 aromatic heterocycles. The van der Waals surface area contributed by atoms with E-state index in [-0.39, 0.29) is 18.3 Å². The number of hydrogen-bond acceptors (Lipinski definition) is 4. The lowest BCUT2D eigenvalue weighted by Crippen LogP contribution is -2.23. The summed E-state index contributed by atoms with van der Waals surface area (Å²) >= 11 is 0. The smallest absolute Gasteiger partial charge is 0.251 e. The van der Waals surface area contributed by atoms with Crippen LogP contribution in [0, 0.1) is 0 Å². The second-order valence-electron chi connectivity index (χ2n) is 6.61. The molecule has 24 heavy (non-hydrogen) atoms. The summed E-state index contributed by atoms with van der Waals surface area (Å²) in [6, 6.07) is 12.9. The fourth-order valence-corrected chi connectivity index (χ4v) is 2.35. The summed E-state index contributed by atoms with van der Waals surface area (Å²) in [7, 11) is 0. The standard InChI is InChI=1S/C19H21NO4/c1-19(2,3)24-15-7-4-13(5-8-15)11-20-18(21)14-6-9-16-17(10-14)23-12-22-16/h4-10H,11-12H2,1-3H3,(H,20,21). The molecule has 1 heterocycles. The van der Waals surface area contributed by atoms with Gasteiger partial charge in [-0.05, 0) is 56.7 Å². The highest BCUT2D eigenvalue weighted by molar-refractivity contribution is 5.94. The first kappa shape index (κ1) is 16.2. The zero-order valence-electron chi connectivity index (χ0n) is 14.1. The summed E-state index contributed by atoms with van der Waals surface area (Å²) in [5.74, 6) is 1.93. The Bertz CT molecular complexity index is 732. The molecule has 3 rings (SSSR count). The molecule has 0 aliphatic carbocycles. The Morgan fingerprint density at radius 3 is 2.50 bits per heavy atom. The van der Waals surface area contributed by atoms with E-state index in [1.165, 1.54) is 0 Å². The molecule has 1 amide bonds. The largest absolute Gasteiger partial charge is 0.488 e. The Labute approximate surface area is 141 Å². The number of rotatable bonds is 4. The van der Waals surface area contributed by atoms with Crippen LogP contribution in [0.4, 0.5) is 0 Å². The first-order valence-corrected chi connectivity index (χ1v) is 7.86. The fraction of sp³-hybridized carbons (Fsp3) is 0.316. The van der Waals surface area contributed by atoms with Crippen molar-refractivity contribution in [3.05, 3.63) is 53.6 Å². The van der Waals surface area contributed by atoms with Gasteiger partial charge in [0.15, 0.2) is 11.5 Å². The highest BCUT2D eigenvalue weighted by Crippen LogP contribution is 2.32. The third kappa shape index (κ3) is 3.98. The van der Waals surface area contributed by atoms with Gasteiger partial charge in [-0.15, -0.1) is 0 Å². The predicted octanol–water partition coefficient (Wildman–Crippen LogP) is 3.52. The molecular weight excluding hydrogens is 306 g/mol. The molecule has 0 saturated carbocycles. The maximum Gasteiger partial charge on any atom is 0.251 e. The van der Waals surface area contributed by atoms with Crippen molar-refractivity contribution in [2.24, 2.45) is 0 Å². The van der Waals surface area contributed by atoms with Gasteiger partial charge in [0.2, 0.25) is 6.79 Å². The number of benzene rings is 2. The first-order valence-electron chi connectivity index (χ1n) is 7.86. The highest BCUT2D eigenvalue weighted by atomic mass is 16.7. The fourth-order valence-electron chi connectivity index (χ4n) is 2.35. The molecule has 1 aliphatic rings. The maximum absolute atomic E-state index is 12.2. The highest BCUT2D eigenvalue weighted by Gasteiger charge is 2.16. The van der Waals surface area contributed by atoms with Crippen molar-refractivity contribution in [3.8, 4) is 17.2 Å². The summed E-state index contributed by atoms with van der Waals surface area (Å²) in [6.45, 7) is 6.66. The van der Waals surface area contributed by atoms with Crippen LogP contribution in [0.1, 0.15) is 36.7 Å². The molecule has 2 aromatic carbocycles. The van der Waals surface area contributed by atoms with Gasteiger partial charge in [-0.1, -0.05) is 12.1 Å². The number of nitrogens with one attached hydrogen (secondary N) is 1. The first-order chi connectivity index (χ1) is 11.4. The molecule has 1 aliphatic heterocycles. The van der Waals surface area contributed by atoms with Crippen LogP contribution < -0.4 is 19.5 Å². The molecule has 1 N–H and O–H groups in total. The summed E-state index contributed by atoms with van der Waals surface area (Å²) in [5, 5.41) is 2.90. The second-order valence-corrected chi connectivity index (χ2v) is 6.61. The Kier molecular flexibility index (Phi) is 4.34. The average Bonchev–Trinajstić information content (AvgIpc) is 3.00. The van der Waals surface area contributed by atoms with Crippen LogP contribution in [0.25, 0.3) is 0 Å². The van der Waals surface area contributed by atoms with Crippen LogP contribution in [0.3, 0.4) is 0 Å². The Balaban J connectivity index is 1.58. The minimum Gasteiger partial charge on any atom is -0.488 e. The Hall–Kier alpha value is -2.69. The Morgan fingerprint density at radius 2 is 1.79 bits per heavy atom. The Morgan fingerprint density at radius 1 is 1.08 bits per heavy atom. The molecule has 0 radical (unpaired) electrons. The van der Waals surface area contributed by atoms with E-state index in [1.54, 1.807) is 18.2 Å².